The highest BCUT2D eigenvalue weighted by atomic mass is 19.1. The van der Waals surface area contributed by atoms with E-state index in [0.717, 1.165) is 0 Å². The van der Waals surface area contributed by atoms with Gasteiger partial charge < -0.3 is 35.3 Å². The first kappa shape index (κ1) is 32.6. The number of ether oxygens (including phenoxy) is 4. The van der Waals surface area contributed by atoms with Crippen molar-refractivity contribution in [3.63, 3.8) is 0 Å². The molecule has 1 saturated heterocycles. The zero-order valence-electron chi connectivity index (χ0n) is 24.2. The van der Waals surface area contributed by atoms with Crippen molar-refractivity contribution in [3.8, 4) is 0 Å². The number of hydrogen-bond donors (Lipinski definition) is 3. The molecule has 4 N–H and O–H groups in total. The Hall–Kier alpha value is -3.61. The minimum Gasteiger partial charge on any atom is -0.447 e. The van der Waals surface area contributed by atoms with Crippen molar-refractivity contribution in [2.75, 3.05) is 25.0 Å². The van der Waals surface area contributed by atoms with Gasteiger partial charge in [0, 0.05) is 11.3 Å². The van der Waals surface area contributed by atoms with Gasteiger partial charge in [-0.25, -0.2) is 18.8 Å². The van der Waals surface area contributed by atoms with Crippen molar-refractivity contribution >= 4 is 29.9 Å². The average molecular weight is 569 g/mol. The van der Waals surface area contributed by atoms with Gasteiger partial charge >= 0.3 is 18.3 Å². The molecule has 0 radical (unpaired) electrons. The second-order valence-corrected chi connectivity index (χ2v) is 11.5. The molecular formula is C27H41FN4O8. The quantitative estimate of drug-likeness (QED) is 0.400. The largest absolute Gasteiger partial charge is 0.447 e. The lowest BCUT2D eigenvalue weighted by atomic mass is 10.0. The number of primary amides is 1. The summed E-state index contributed by atoms with van der Waals surface area (Å²) >= 11 is 0. The van der Waals surface area contributed by atoms with Gasteiger partial charge in [0.1, 0.15) is 30.2 Å². The highest BCUT2D eigenvalue weighted by Gasteiger charge is 2.40. The number of benzene rings is 1. The lowest BCUT2D eigenvalue weighted by Crippen LogP contribution is -2.59. The molecule has 2 rings (SSSR count). The number of anilines is 1. The third-order valence-corrected chi connectivity index (χ3v) is 5.68. The van der Waals surface area contributed by atoms with Crippen molar-refractivity contribution in [1.29, 1.82) is 0 Å². The fraction of sp³-hybridized carbons (Fsp3) is 0.630. The number of carbonyl (C=O) groups is 4. The van der Waals surface area contributed by atoms with Gasteiger partial charge in [-0.2, -0.15) is 0 Å². The Labute approximate surface area is 234 Å². The molecule has 0 bridgehead atoms. The van der Waals surface area contributed by atoms with Gasteiger partial charge in [-0.15, -0.1) is 0 Å². The fourth-order valence-corrected chi connectivity index (χ4v) is 4.02. The van der Waals surface area contributed by atoms with Crippen LogP contribution in [0.1, 0.15) is 60.5 Å². The predicted molar refractivity (Wildman–Crippen MR) is 144 cm³/mol. The number of nitrogens with one attached hydrogen (secondary N) is 2. The fourth-order valence-electron chi connectivity index (χ4n) is 4.02. The molecule has 0 spiro atoms. The van der Waals surface area contributed by atoms with E-state index in [1.165, 1.54) is 17.0 Å². The van der Waals surface area contributed by atoms with Crippen LogP contribution in [-0.4, -0.2) is 78.2 Å². The maximum Gasteiger partial charge on any atom is 0.410 e. The Balaban J connectivity index is 2.09. The summed E-state index contributed by atoms with van der Waals surface area (Å²) in [4.78, 5) is 49.9. The second-order valence-electron chi connectivity index (χ2n) is 11.5. The summed E-state index contributed by atoms with van der Waals surface area (Å²) in [5, 5.41) is 4.98. The summed E-state index contributed by atoms with van der Waals surface area (Å²) in [5.74, 6) is -1.09. The van der Waals surface area contributed by atoms with Crippen LogP contribution in [-0.2, 0) is 30.2 Å². The number of hydrogen-bond acceptors (Lipinski definition) is 8. The first-order chi connectivity index (χ1) is 18.4. The maximum atomic E-state index is 14.8. The molecule has 0 saturated carbocycles. The summed E-state index contributed by atoms with van der Waals surface area (Å²) in [6, 6.07) is 3.65. The molecule has 13 heteroatoms. The van der Waals surface area contributed by atoms with Crippen molar-refractivity contribution < 1.29 is 42.5 Å². The number of carbonyl (C=O) groups excluding carboxylic acids is 4. The summed E-state index contributed by atoms with van der Waals surface area (Å²) in [5.41, 5.74) is 4.12. The van der Waals surface area contributed by atoms with Gasteiger partial charge in [0.05, 0.1) is 24.8 Å². The summed E-state index contributed by atoms with van der Waals surface area (Å²) in [6.07, 6.45) is -2.93. The molecule has 1 aliphatic heterocycles. The van der Waals surface area contributed by atoms with Gasteiger partial charge in [0.15, 0.2) is 0 Å². The van der Waals surface area contributed by atoms with Crippen LogP contribution in [0.15, 0.2) is 18.2 Å². The normalized spacial score (nSPS) is 19.4. The molecule has 224 valence electrons. The molecule has 0 aliphatic carbocycles. The van der Waals surface area contributed by atoms with E-state index >= 15 is 0 Å². The third kappa shape index (κ3) is 10.9. The van der Waals surface area contributed by atoms with Crippen LogP contribution in [0.3, 0.4) is 0 Å². The highest BCUT2D eigenvalue weighted by Crippen LogP contribution is 2.27. The molecule has 1 aliphatic rings. The van der Waals surface area contributed by atoms with Crippen LogP contribution in [0, 0.1) is 5.82 Å². The smallest absolute Gasteiger partial charge is 0.410 e. The van der Waals surface area contributed by atoms with Crippen molar-refractivity contribution in [3.05, 3.63) is 29.6 Å². The molecule has 1 aromatic rings. The number of nitrogens with two attached hydrogens (primary N) is 1. The van der Waals surface area contributed by atoms with E-state index in [2.05, 4.69) is 10.6 Å². The molecule has 1 heterocycles. The first-order valence-corrected chi connectivity index (χ1v) is 13.1. The molecule has 3 atom stereocenters. The number of alkyl carbamates (subject to hydrolysis) is 1. The van der Waals surface area contributed by atoms with Crippen LogP contribution in [0.4, 0.5) is 24.5 Å². The van der Waals surface area contributed by atoms with Gasteiger partial charge in [-0.05, 0) is 73.4 Å². The highest BCUT2D eigenvalue weighted by molar-refractivity contribution is 5.94. The van der Waals surface area contributed by atoms with E-state index in [1.54, 1.807) is 54.5 Å². The van der Waals surface area contributed by atoms with E-state index in [9.17, 15) is 23.6 Å². The molecule has 40 heavy (non-hydrogen) atoms. The number of nitrogens with zero attached hydrogens (tertiary/aromatic N) is 1. The summed E-state index contributed by atoms with van der Waals surface area (Å²) in [7, 11) is 0. The Morgan fingerprint density at radius 1 is 1.10 bits per heavy atom. The average Bonchev–Trinajstić information content (AvgIpc) is 2.79. The Kier molecular flexibility index (Phi) is 11.1. The molecule has 4 amide bonds. The number of morpholine rings is 1. The molecule has 12 nitrogen and oxygen atoms in total. The third-order valence-electron chi connectivity index (χ3n) is 5.68. The Bertz CT molecular complexity index is 1070. The molecule has 1 aromatic carbocycles. The van der Waals surface area contributed by atoms with Crippen molar-refractivity contribution in [2.24, 2.45) is 5.73 Å². The van der Waals surface area contributed by atoms with Crippen molar-refractivity contribution in [1.82, 2.24) is 10.2 Å². The SMILES string of the molecule is C[C@@H]1O[C@H](CCc2c(F)cccc2NC(=O)CNC(=O)OC(C)(C)C)CN(C(=O)OC(C)(C)C)[C@@H]1COC(N)=O. The van der Waals surface area contributed by atoms with Gasteiger partial charge in [0.25, 0.3) is 0 Å². The van der Waals surface area contributed by atoms with Gasteiger partial charge in [-0.3, -0.25) is 9.69 Å². The number of amides is 4. The lowest BCUT2D eigenvalue weighted by Gasteiger charge is -2.43. The van der Waals surface area contributed by atoms with Gasteiger partial charge in [0.2, 0.25) is 5.91 Å². The molecule has 0 unspecified atom stereocenters. The maximum absolute atomic E-state index is 14.8. The minimum atomic E-state index is -0.978. The van der Waals surface area contributed by atoms with E-state index in [1.807, 2.05) is 0 Å². The zero-order valence-corrected chi connectivity index (χ0v) is 24.2. The van der Waals surface area contributed by atoms with E-state index in [0.29, 0.717) is 6.42 Å². The topological polar surface area (TPSA) is 159 Å². The van der Waals surface area contributed by atoms with E-state index in [-0.39, 0.29) is 37.4 Å². The zero-order chi connectivity index (χ0) is 30.3. The Morgan fingerprint density at radius 2 is 1.75 bits per heavy atom. The van der Waals surface area contributed by atoms with Crippen LogP contribution in [0.25, 0.3) is 0 Å². The molecule has 0 aromatic heterocycles. The molecular weight excluding hydrogens is 527 g/mol. The van der Waals surface area contributed by atoms with Crippen LogP contribution in [0.5, 0.6) is 0 Å². The number of rotatable bonds is 8. The first-order valence-electron chi connectivity index (χ1n) is 13.1. The van der Waals surface area contributed by atoms with E-state index in [4.69, 9.17) is 24.7 Å². The summed E-state index contributed by atoms with van der Waals surface area (Å²) in [6.45, 7) is 11.6. The second kappa shape index (κ2) is 13.6. The van der Waals surface area contributed by atoms with Gasteiger partial charge in [-0.1, -0.05) is 6.07 Å². The Morgan fingerprint density at radius 3 is 2.35 bits per heavy atom. The van der Waals surface area contributed by atoms with Crippen molar-refractivity contribution in [2.45, 2.75) is 90.8 Å². The predicted octanol–water partition coefficient (Wildman–Crippen LogP) is 3.71. The van der Waals surface area contributed by atoms with Crippen LogP contribution in [0.2, 0.25) is 0 Å². The monoisotopic (exact) mass is 568 g/mol. The van der Waals surface area contributed by atoms with Crippen LogP contribution >= 0.6 is 0 Å². The molecule has 1 fully saturated rings. The lowest BCUT2D eigenvalue weighted by molar-refractivity contribution is -0.122. The standard InChI is InChI=1S/C27H41FN4O8/c1-16-21(15-37-23(29)34)32(25(36)40-27(5,6)7)14-17(38-16)11-12-18-19(28)9-8-10-20(18)31-22(33)13-30-24(35)39-26(2,3)4/h8-10,16-17,21H,11-15H2,1-7H3,(H2,29,34)(H,30,35)(H,31,33)/t16-,17+,21+/m0/s1. The number of halogens is 1. The summed E-state index contributed by atoms with van der Waals surface area (Å²) < 4.78 is 36.5. The van der Waals surface area contributed by atoms with Crippen LogP contribution < -0.4 is 16.4 Å². The minimum absolute atomic E-state index is 0.0992. The van der Waals surface area contributed by atoms with E-state index < -0.39 is 59.5 Å².